The van der Waals surface area contributed by atoms with Crippen molar-refractivity contribution in [3.8, 4) is 0 Å². The van der Waals surface area contributed by atoms with E-state index in [1.165, 1.54) is 50.7 Å². The lowest BCUT2D eigenvalue weighted by Gasteiger charge is -2.38. The van der Waals surface area contributed by atoms with Gasteiger partial charge in [-0.3, -0.25) is 0 Å². The third-order valence-corrected chi connectivity index (χ3v) is 7.08. The molecule has 1 aromatic carbocycles. The average Bonchev–Trinajstić information content (AvgIpc) is 2.73. The average molecular weight is 405 g/mol. The van der Waals surface area contributed by atoms with Crippen LogP contribution in [0.5, 0.6) is 0 Å². The molecule has 0 radical (unpaired) electrons. The van der Waals surface area contributed by atoms with Crippen molar-refractivity contribution in [3.05, 3.63) is 47.5 Å². The van der Waals surface area contributed by atoms with Gasteiger partial charge in [-0.15, -0.1) is 0 Å². The van der Waals surface area contributed by atoms with Crippen LogP contribution < -0.4 is 0 Å². The maximum absolute atomic E-state index is 13.5. The third-order valence-electron chi connectivity index (χ3n) is 7.08. The van der Waals surface area contributed by atoms with E-state index in [0.29, 0.717) is 18.1 Å². The van der Waals surface area contributed by atoms with Crippen LogP contribution in [0.1, 0.15) is 82.6 Å². The van der Waals surface area contributed by atoms with Crippen molar-refractivity contribution >= 4 is 5.97 Å². The second-order valence-electron chi connectivity index (χ2n) is 9.12. The van der Waals surface area contributed by atoms with Gasteiger partial charge >= 0.3 is 5.97 Å². The molecule has 0 aromatic heterocycles. The standard InChI is InChI=1S/C25H34F2O2/c1-17(2)25(28)29-15-3-4-18-5-7-19(8-6-18)20-9-11-21(12-10-20)22-13-14-23(26)24(27)16-22/h13-14,16,18-21H,1,3-12,15H2,2H3. The zero-order chi connectivity index (χ0) is 20.8. The quantitative estimate of drug-likeness (QED) is 0.279. The van der Waals surface area contributed by atoms with E-state index in [1.54, 1.807) is 13.0 Å². The van der Waals surface area contributed by atoms with E-state index in [4.69, 9.17) is 4.74 Å². The maximum Gasteiger partial charge on any atom is 0.333 e. The van der Waals surface area contributed by atoms with Gasteiger partial charge in [0.25, 0.3) is 0 Å². The van der Waals surface area contributed by atoms with Gasteiger partial charge in [0.2, 0.25) is 0 Å². The van der Waals surface area contributed by atoms with Crippen LogP contribution in [0.2, 0.25) is 0 Å². The van der Waals surface area contributed by atoms with Gasteiger partial charge in [-0.1, -0.05) is 25.5 Å². The first-order valence-electron chi connectivity index (χ1n) is 11.2. The van der Waals surface area contributed by atoms with Crippen LogP contribution in [-0.2, 0) is 9.53 Å². The SMILES string of the molecule is C=C(C)C(=O)OCCCC1CCC(C2CCC(c3ccc(F)c(F)c3)CC2)CC1. The summed E-state index contributed by atoms with van der Waals surface area (Å²) in [6.45, 7) is 5.77. The molecule has 1 aromatic rings. The number of esters is 1. The number of carbonyl (C=O) groups excluding carboxylic acids is 1. The smallest absolute Gasteiger partial charge is 0.333 e. The summed E-state index contributed by atoms with van der Waals surface area (Å²) in [5.74, 6) is 0.971. The van der Waals surface area contributed by atoms with Crippen LogP contribution in [0, 0.1) is 29.4 Å². The molecule has 0 amide bonds. The molecule has 0 N–H and O–H groups in total. The van der Waals surface area contributed by atoms with Crippen LogP contribution in [0.25, 0.3) is 0 Å². The first-order valence-corrected chi connectivity index (χ1v) is 11.2. The summed E-state index contributed by atoms with van der Waals surface area (Å²) in [6.07, 6.45) is 11.8. The molecule has 3 rings (SSSR count). The molecule has 29 heavy (non-hydrogen) atoms. The van der Waals surface area contributed by atoms with Crippen molar-refractivity contribution in [2.45, 2.75) is 77.0 Å². The van der Waals surface area contributed by atoms with E-state index in [9.17, 15) is 13.6 Å². The fraction of sp³-hybridized carbons (Fsp3) is 0.640. The Morgan fingerprint density at radius 3 is 2.21 bits per heavy atom. The Kier molecular flexibility index (Phi) is 7.85. The molecular formula is C25H34F2O2. The fourth-order valence-corrected chi connectivity index (χ4v) is 5.30. The van der Waals surface area contributed by atoms with Crippen LogP contribution in [0.15, 0.2) is 30.4 Å². The van der Waals surface area contributed by atoms with Crippen LogP contribution >= 0.6 is 0 Å². The zero-order valence-corrected chi connectivity index (χ0v) is 17.6. The van der Waals surface area contributed by atoms with Crippen LogP contribution in [0.4, 0.5) is 8.78 Å². The summed E-state index contributed by atoms with van der Waals surface area (Å²) in [5, 5.41) is 0. The minimum Gasteiger partial charge on any atom is -0.462 e. The summed E-state index contributed by atoms with van der Waals surface area (Å²) < 4.78 is 31.9. The minimum absolute atomic E-state index is 0.285. The number of benzene rings is 1. The Balaban J connectivity index is 1.35. The molecular weight excluding hydrogens is 370 g/mol. The van der Waals surface area contributed by atoms with Gasteiger partial charge in [-0.05, 0) is 99.7 Å². The Morgan fingerprint density at radius 2 is 1.62 bits per heavy atom. The van der Waals surface area contributed by atoms with E-state index in [2.05, 4.69) is 6.58 Å². The lowest BCUT2D eigenvalue weighted by atomic mass is 9.68. The maximum atomic E-state index is 13.5. The van der Waals surface area contributed by atoms with E-state index >= 15 is 0 Å². The van der Waals surface area contributed by atoms with Gasteiger partial charge < -0.3 is 4.74 Å². The molecule has 2 nitrogen and oxygen atoms in total. The lowest BCUT2D eigenvalue weighted by molar-refractivity contribution is -0.139. The van der Waals surface area contributed by atoms with Crippen molar-refractivity contribution in [3.63, 3.8) is 0 Å². The molecule has 2 aliphatic rings. The van der Waals surface area contributed by atoms with E-state index < -0.39 is 11.6 Å². The summed E-state index contributed by atoms with van der Waals surface area (Å²) in [6, 6.07) is 4.40. The van der Waals surface area contributed by atoms with Gasteiger partial charge in [0.15, 0.2) is 11.6 Å². The highest BCUT2D eigenvalue weighted by atomic mass is 19.2. The summed E-state index contributed by atoms with van der Waals surface area (Å²) in [7, 11) is 0. The summed E-state index contributed by atoms with van der Waals surface area (Å²) in [4.78, 5) is 11.4. The second-order valence-corrected chi connectivity index (χ2v) is 9.12. The number of carbonyl (C=O) groups is 1. The molecule has 0 saturated heterocycles. The highest BCUT2D eigenvalue weighted by Gasteiger charge is 2.31. The largest absolute Gasteiger partial charge is 0.462 e. The molecule has 0 heterocycles. The van der Waals surface area contributed by atoms with E-state index in [1.807, 2.05) is 0 Å². The Labute approximate surface area is 173 Å². The van der Waals surface area contributed by atoms with Crippen molar-refractivity contribution < 1.29 is 18.3 Å². The normalized spacial score (nSPS) is 27.4. The second kappa shape index (κ2) is 10.4. The van der Waals surface area contributed by atoms with Gasteiger partial charge in [0.1, 0.15) is 0 Å². The number of hydrogen-bond acceptors (Lipinski definition) is 2. The first kappa shape index (κ1) is 22.0. The molecule has 2 aliphatic carbocycles. The van der Waals surface area contributed by atoms with Crippen molar-refractivity contribution in [1.29, 1.82) is 0 Å². The minimum atomic E-state index is -0.756. The molecule has 0 spiro atoms. The Hall–Kier alpha value is -1.71. The van der Waals surface area contributed by atoms with Gasteiger partial charge in [-0.2, -0.15) is 0 Å². The highest BCUT2D eigenvalue weighted by molar-refractivity contribution is 5.86. The molecule has 0 aliphatic heterocycles. The van der Waals surface area contributed by atoms with Gasteiger partial charge in [-0.25, -0.2) is 13.6 Å². The lowest BCUT2D eigenvalue weighted by Crippen LogP contribution is -2.25. The number of hydrogen-bond donors (Lipinski definition) is 0. The predicted octanol–water partition coefficient (Wildman–Crippen LogP) is 6.94. The van der Waals surface area contributed by atoms with Crippen molar-refractivity contribution in [1.82, 2.24) is 0 Å². The van der Waals surface area contributed by atoms with Gasteiger partial charge in [0.05, 0.1) is 6.61 Å². The van der Waals surface area contributed by atoms with E-state index in [-0.39, 0.29) is 5.97 Å². The van der Waals surface area contributed by atoms with Crippen LogP contribution in [-0.4, -0.2) is 12.6 Å². The van der Waals surface area contributed by atoms with Crippen molar-refractivity contribution in [2.24, 2.45) is 17.8 Å². The zero-order valence-electron chi connectivity index (χ0n) is 17.6. The summed E-state index contributed by atoms with van der Waals surface area (Å²) in [5.41, 5.74) is 1.42. The van der Waals surface area contributed by atoms with E-state index in [0.717, 1.165) is 49.0 Å². The first-order chi connectivity index (χ1) is 13.9. The Bertz CT molecular complexity index is 699. The molecule has 2 fully saturated rings. The third kappa shape index (κ3) is 6.13. The molecule has 2 saturated carbocycles. The Morgan fingerprint density at radius 1 is 1.00 bits per heavy atom. The monoisotopic (exact) mass is 404 g/mol. The highest BCUT2D eigenvalue weighted by Crippen LogP contribution is 2.44. The van der Waals surface area contributed by atoms with Crippen LogP contribution in [0.3, 0.4) is 0 Å². The number of halogens is 2. The number of ether oxygens (including phenoxy) is 1. The predicted molar refractivity (Wildman–Crippen MR) is 112 cm³/mol. The van der Waals surface area contributed by atoms with Crippen molar-refractivity contribution in [2.75, 3.05) is 6.61 Å². The summed E-state index contributed by atoms with van der Waals surface area (Å²) >= 11 is 0. The molecule has 4 heteroatoms. The fourth-order valence-electron chi connectivity index (χ4n) is 5.30. The molecule has 160 valence electrons. The molecule has 0 atom stereocenters. The number of rotatable bonds is 7. The molecule has 0 unspecified atom stereocenters. The van der Waals surface area contributed by atoms with Gasteiger partial charge in [0, 0.05) is 5.57 Å². The topological polar surface area (TPSA) is 26.3 Å². The molecule has 0 bridgehead atoms.